The topological polar surface area (TPSA) is 63.4 Å². The molecule has 1 aliphatic heterocycles. The molecule has 1 atom stereocenters. The second kappa shape index (κ2) is 6.11. The van der Waals surface area contributed by atoms with Crippen LogP contribution >= 0.6 is 35.6 Å². The predicted octanol–water partition coefficient (Wildman–Crippen LogP) is 2.28. The van der Waals surface area contributed by atoms with Crippen molar-refractivity contribution >= 4 is 45.6 Å². The SMILES string of the molecule is Cl.N[C@H]1CCN(S(=O)(=O)c2ccc(Cl)c(F)c2Cl)C1. The van der Waals surface area contributed by atoms with Gasteiger partial charge in [0.05, 0.1) is 10.0 Å². The monoisotopic (exact) mass is 348 g/mol. The Bertz CT molecular complexity index is 582. The molecule has 0 unspecified atom stereocenters. The number of hydrogen-bond donors (Lipinski definition) is 1. The molecule has 1 aromatic rings. The molecule has 0 saturated carbocycles. The zero-order valence-electron chi connectivity index (χ0n) is 9.64. The molecule has 9 heteroatoms. The van der Waals surface area contributed by atoms with Gasteiger partial charge in [-0.15, -0.1) is 12.4 Å². The predicted molar refractivity (Wildman–Crippen MR) is 75.0 cm³/mol. The van der Waals surface area contributed by atoms with Crippen molar-refractivity contribution in [1.82, 2.24) is 4.31 Å². The quantitative estimate of drug-likeness (QED) is 0.833. The van der Waals surface area contributed by atoms with Crippen molar-refractivity contribution in [1.29, 1.82) is 0 Å². The Balaban J connectivity index is 0.00000180. The van der Waals surface area contributed by atoms with Crippen molar-refractivity contribution in [3.63, 3.8) is 0 Å². The highest BCUT2D eigenvalue weighted by molar-refractivity contribution is 7.89. The van der Waals surface area contributed by atoms with Gasteiger partial charge in [0.25, 0.3) is 0 Å². The second-order valence-electron chi connectivity index (χ2n) is 4.09. The van der Waals surface area contributed by atoms with Crippen molar-refractivity contribution in [3.05, 3.63) is 28.0 Å². The summed E-state index contributed by atoms with van der Waals surface area (Å²) in [5.41, 5.74) is 5.66. The van der Waals surface area contributed by atoms with Crippen LogP contribution in [0, 0.1) is 5.82 Å². The van der Waals surface area contributed by atoms with Crippen LogP contribution < -0.4 is 5.73 Å². The summed E-state index contributed by atoms with van der Waals surface area (Å²) in [6.45, 7) is 0.521. The fourth-order valence-electron chi connectivity index (χ4n) is 1.82. The van der Waals surface area contributed by atoms with Crippen molar-refractivity contribution in [2.45, 2.75) is 17.4 Å². The lowest BCUT2D eigenvalue weighted by atomic mass is 10.3. The van der Waals surface area contributed by atoms with E-state index >= 15 is 0 Å². The van der Waals surface area contributed by atoms with E-state index < -0.39 is 20.9 Å². The summed E-state index contributed by atoms with van der Waals surface area (Å²) in [5.74, 6) is -0.928. The highest BCUT2D eigenvalue weighted by Crippen LogP contribution is 2.32. The molecule has 1 fully saturated rings. The van der Waals surface area contributed by atoms with E-state index in [9.17, 15) is 12.8 Å². The van der Waals surface area contributed by atoms with Gasteiger partial charge in [-0.2, -0.15) is 4.31 Å². The summed E-state index contributed by atoms with van der Waals surface area (Å²) >= 11 is 11.2. The van der Waals surface area contributed by atoms with Gasteiger partial charge in [0.15, 0.2) is 5.82 Å². The summed E-state index contributed by atoms with van der Waals surface area (Å²) in [7, 11) is -3.82. The second-order valence-corrected chi connectivity index (χ2v) is 6.78. The number of benzene rings is 1. The Kier molecular flexibility index (Phi) is 5.45. The summed E-state index contributed by atoms with van der Waals surface area (Å²) in [5, 5.41) is -0.694. The van der Waals surface area contributed by atoms with E-state index in [1.54, 1.807) is 0 Å². The average molecular weight is 350 g/mol. The number of halogens is 4. The number of nitrogens with zero attached hydrogens (tertiary/aromatic N) is 1. The fraction of sp³-hybridized carbons (Fsp3) is 0.400. The van der Waals surface area contributed by atoms with Gasteiger partial charge >= 0.3 is 0 Å². The van der Waals surface area contributed by atoms with E-state index in [2.05, 4.69) is 0 Å². The van der Waals surface area contributed by atoms with Crippen molar-refractivity contribution in [2.75, 3.05) is 13.1 Å². The van der Waals surface area contributed by atoms with Crippen molar-refractivity contribution in [2.24, 2.45) is 5.73 Å². The lowest BCUT2D eigenvalue weighted by Crippen LogP contribution is -2.32. The first-order chi connectivity index (χ1) is 8.34. The number of rotatable bonds is 2. The first-order valence-corrected chi connectivity index (χ1v) is 7.43. The molecule has 0 amide bonds. The van der Waals surface area contributed by atoms with Gasteiger partial charge in [0.1, 0.15) is 4.90 Å². The normalized spacial score (nSPS) is 20.3. The standard InChI is InChI=1S/C10H11Cl2FN2O2S.ClH/c11-7-1-2-8(9(12)10(7)13)18(16,17)15-4-3-6(14)5-15;/h1-2,6H,3-5,14H2;1H/t6-;/m0./s1. The minimum Gasteiger partial charge on any atom is -0.326 e. The maximum atomic E-state index is 13.5. The van der Waals surface area contributed by atoms with E-state index in [1.807, 2.05) is 0 Å². The van der Waals surface area contributed by atoms with Gasteiger partial charge in [-0.05, 0) is 18.6 Å². The van der Waals surface area contributed by atoms with Gasteiger partial charge in [-0.25, -0.2) is 12.8 Å². The maximum Gasteiger partial charge on any atom is 0.244 e. The molecular weight excluding hydrogens is 338 g/mol. The highest BCUT2D eigenvalue weighted by atomic mass is 35.5. The van der Waals surface area contributed by atoms with Crippen LogP contribution in [0.25, 0.3) is 0 Å². The van der Waals surface area contributed by atoms with E-state index in [-0.39, 0.29) is 34.9 Å². The van der Waals surface area contributed by atoms with Gasteiger partial charge in [-0.1, -0.05) is 23.2 Å². The van der Waals surface area contributed by atoms with E-state index in [4.69, 9.17) is 28.9 Å². The molecule has 108 valence electrons. The first kappa shape index (κ1) is 16.9. The fourth-order valence-corrected chi connectivity index (χ4v) is 4.05. The minimum absolute atomic E-state index is 0. The van der Waals surface area contributed by atoms with E-state index in [1.165, 1.54) is 16.4 Å². The Morgan fingerprint density at radius 2 is 2.00 bits per heavy atom. The minimum atomic E-state index is -3.82. The Morgan fingerprint density at radius 1 is 1.37 bits per heavy atom. The third kappa shape index (κ3) is 3.15. The molecule has 4 nitrogen and oxygen atoms in total. The molecule has 0 aliphatic carbocycles. The number of sulfonamides is 1. The highest BCUT2D eigenvalue weighted by Gasteiger charge is 2.33. The Labute approximate surface area is 127 Å². The van der Waals surface area contributed by atoms with Crippen molar-refractivity contribution in [3.8, 4) is 0 Å². The van der Waals surface area contributed by atoms with Crippen LogP contribution in [0.15, 0.2) is 17.0 Å². The largest absolute Gasteiger partial charge is 0.326 e. The first-order valence-electron chi connectivity index (χ1n) is 5.23. The van der Waals surface area contributed by atoms with Crippen LogP contribution in [0.5, 0.6) is 0 Å². The molecule has 0 spiro atoms. The summed E-state index contributed by atoms with van der Waals surface area (Å²) < 4.78 is 39.2. The van der Waals surface area contributed by atoms with Crippen LogP contribution in [-0.2, 0) is 10.0 Å². The summed E-state index contributed by atoms with van der Waals surface area (Å²) in [6, 6.07) is 2.18. The lowest BCUT2D eigenvalue weighted by Gasteiger charge is -2.17. The molecule has 0 radical (unpaired) electrons. The molecule has 1 saturated heterocycles. The van der Waals surface area contributed by atoms with Crippen LogP contribution in [0.1, 0.15) is 6.42 Å². The molecule has 1 aliphatic rings. The molecule has 2 N–H and O–H groups in total. The third-order valence-electron chi connectivity index (χ3n) is 2.81. The van der Waals surface area contributed by atoms with Gasteiger partial charge in [-0.3, -0.25) is 0 Å². The lowest BCUT2D eigenvalue weighted by molar-refractivity contribution is 0.471. The van der Waals surface area contributed by atoms with Gasteiger partial charge < -0.3 is 5.73 Å². The Hall–Kier alpha value is -0.110. The smallest absolute Gasteiger partial charge is 0.244 e. The van der Waals surface area contributed by atoms with Gasteiger partial charge in [0, 0.05) is 19.1 Å². The molecule has 1 heterocycles. The zero-order chi connectivity index (χ0) is 13.5. The number of hydrogen-bond acceptors (Lipinski definition) is 3. The molecule has 1 aromatic carbocycles. The summed E-state index contributed by atoms with van der Waals surface area (Å²) in [6.07, 6.45) is 0.576. The van der Waals surface area contributed by atoms with Crippen LogP contribution in [0.3, 0.4) is 0 Å². The third-order valence-corrected chi connectivity index (χ3v) is 5.49. The van der Waals surface area contributed by atoms with Crippen LogP contribution in [-0.4, -0.2) is 31.9 Å². The van der Waals surface area contributed by atoms with Gasteiger partial charge in [0.2, 0.25) is 10.0 Å². The molecule has 19 heavy (non-hydrogen) atoms. The average Bonchev–Trinajstić information content (AvgIpc) is 2.73. The van der Waals surface area contributed by atoms with E-state index in [0.29, 0.717) is 13.0 Å². The Morgan fingerprint density at radius 3 is 2.53 bits per heavy atom. The molecular formula is C10H12Cl3FN2O2S. The van der Waals surface area contributed by atoms with Crippen LogP contribution in [0.4, 0.5) is 4.39 Å². The maximum absolute atomic E-state index is 13.5. The van der Waals surface area contributed by atoms with E-state index in [0.717, 1.165) is 0 Å². The summed E-state index contributed by atoms with van der Waals surface area (Å²) in [4.78, 5) is -0.278. The number of nitrogens with two attached hydrogens (primary N) is 1. The molecule has 2 rings (SSSR count). The zero-order valence-corrected chi connectivity index (χ0v) is 12.8. The molecule has 0 bridgehead atoms. The molecule has 0 aromatic heterocycles. The van der Waals surface area contributed by atoms with Crippen LogP contribution in [0.2, 0.25) is 10.0 Å². The van der Waals surface area contributed by atoms with Crippen molar-refractivity contribution < 1.29 is 12.8 Å².